The highest BCUT2D eigenvalue weighted by Gasteiger charge is 2.21. The van der Waals surface area contributed by atoms with Crippen molar-refractivity contribution < 1.29 is 23.8 Å². The minimum atomic E-state index is -0.360. The smallest absolute Gasteiger partial charge is 0.290 e. The summed E-state index contributed by atoms with van der Waals surface area (Å²) >= 11 is 0. The van der Waals surface area contributed by atoms with Gasteiger partial charge in [-0.05, 0) is 49.6 Å². The van der Waals surface area contributed by atoms with E-state index in [9.17, 15) is 9.18 Å². The highest BCUT2D eigenvalue weighted by Crippen LogP contribution is 2.15. The van der Waals surface area contributed by atoms with Crippen LogP contribution in [0.1, 0.15) is 34.3 Å². The Balaban J connectivity index is 0.00000107. The molecule has 2 aromatic rings. The molecule has 168 valence electrons. The topological polar surface area (TPSA) is 70.1 Å². The van der Waals surface area contributed by atoms with Gasteiger partial charge in [0.15, 0.2) is 0 Å². The molecule has 0 aliphatic carbocycles. The Morgan fingerprint density at radius 2 is 1.87 bits per heavy atom. The lowest BCUT2D eigenvalue weighted by Gasteiger charge is -2.22. The zero-order valence-electron chi connectivity index (χ0n) is 18.0. The first-order valence-electron chi connectivity index (χ1n) is 10.5. The van der Waals surface area contributed by atoms with E-state index >= 15 is 0 Å². The van der Waals surface area contributed by atoms with Crippen molar-refractivity contribution in [3.63, 3.8) is 0 Å². The molecule has 0 radical (unpaired) electrons. The molecular formula is C24H31FN2O4. The Hall–Kier alpha value is -2.77. The molecule has 1 N–H and O–H groups in total. The van der Waals surface area contributed by atoms with Crippen molar-refractivity contribution in [2.45, 2.75) is 26.4 Å². The van der Waals surface area contributed by atoms with Crippen LogP contribution in [0.5, 0.6) is 0 Å². The number of benzene rings is 2. The number of ether oxygens (including phenoxy) is 1. The summed E-state index contributed by atoms with van der Waals surface area (Å²) in [7, 11) is 0. The molecule has 2 aromatic carbocycles. The Morgan fingerprint density at radius 3 is 2.61 bits per heavy atom. The summed E-state index contributed by atoms with van der Waals surface area (Å²) in [6.07, 6.45) is 1.91. The molecule has 1 saturated heterocycles. The second-order valence-corrected chi connectivity index (χ2v) is 7.44. The van der Waals surface area contributed by atoms with Gasteiger partial charge in [-0.25, -0.2) is 4.39 Å². The van der Waals surface area contributed by atoms with E-state index in [2.05, 4.69) is 17.0 Å². The first-order valence-corrected chi connectivity index (χ1v) is 10.5. The standard InChI is InChI=1S/C23H29FN2O2.CH2O2/c1-19-9-10-21(24)17-22(19)23(27)26-13-5-11-25(14-15-26)12-6-16-28-18-20-7-3-2-4-8-20;2-1-3/h2-4,7-10,17H,5-6,11-16,18H2,1H3;1H,(H,2,3). The summed E-state index contributed by atoms with van der Waals surface area (Å²) in [5, 5.41) is 6.89. The average molecular weight is 431 g/mol. The minimum Gasteiger partial charge on any atom is -0.483 e. The van der Waals surface area contributed by atoms with Gasteiger partial charge in [0.2, 0.25) is 0 Å². The van der Waals surface area contributed by atoms with Crippen LogP contribution in [-0.2, 0) is 16.1 Å². The van der Waals surface area contributed by atoms with E-state index in [0.717, 1.165) is 51.2 Å². The molecular weight excluding hydrogens is 399 g/mol. The molecule has 1 fully saturated rings. The number of aryl methyl sites for hydroxylation is 1. The van der Waals surface area contributed by atoms with Gasteiger partial charge in [-0.1, -0.05) is 36.4 Å². The monoisotopic (exact) mass is 430 g/mol. The molecule has 1 amide bonds. The lowest BCUT2D eigenvalue weighted by atomic mass is 10.1. The van der Waals surface area contributed by atoms with Crippen LogP contribution in [0.4, 0.5) is 4.39 Å². The third-order valence-corrected chi connectivity index (χ3v) is 5.18. The Kier molecular flexibility index (Phi) is 10.7. The maximum absolute atomic E-state index is 13.5. The number of hydrogen-bond acceptors (Lipinski definition) is 4. The largest absolute Gasteiger partial charge is 0.483 e. The van der Waals surface area contributed by atoms with Gasteiger partial charge in [-0.15, -0.1) is 0 Å². The molecule has 0 spiro atoms. The molecule has 7 heteroatoms. The highest BCUT2D eigenvalue weighted by atomic mass is 19.1. The molecule has 0 saturated carbocycles. The third kappa shape index (κ3) is 8.47. The first kappa shape index (κ1) is 24.5. The molecule has 1 aliphatic rings. The van der Waals surface area contributed by atoms with E-state index < -0.39 is 0 Å². The normalized spacial score (nSPS) is 14.3. The molecule has 31 heavy (non-hydrogen) atoms. The summed E-state index contributed by atoms with van der Waals surface area (Å²) in [5.74, 6) is -0.425. The van der Waals surface area contributed by atoms with Crippen LogP contribution in [0.2, 0.25) is 0 Å². The summed E-state index contributed by atoms with van der Waals surface area (Å²) in [5.41, 5.74) is 2.49. The van der Waals surface area contributed by atoms with Gasteiger partial charge >= 0.3 is 0 Å². The van der Waals surface area contributed by atoms with Crippen LogP contribution in [0, 0.1) is 12.7 Å². The van der Waals surface area contributed by atoms with Crippen molar-refractivity contribution in [1.29, 1.82) is 0 Å². The van der Waals surface area contributed by atoms with Gasteiger partial charge in [0.25, 0.3) is 12.4 Å². The fraction of sp³-hybridized carbons (Fsp3) is 0.417. The van der Waals surface area contributed by atoms with Gasteiger partial charge in [-0.3, -0.25) is 9.59 Å². The van der Waals surface area contributed by atoms with Gasteiger partial charge in [-0.2, -0.15) is 0 Å². The summed E-state index contributed by atoms with van der Waals surface area (Å²) in [6.45, 7) is 7.17. The SMILES string of the molecule is Cc1ccc(F)cc1C(=O)N1CCCN(CCCOCc2ccccc2)CC1.O=CO. The van der Waals surface area contributed by atoms with Gasteiger partial charge in [0.05, 0.1) is 6.61 Å². The fourth-order valence-electron chi connectivity index (χ4n) is 3.55. The van der Waals surface area contributed by atoms with Crippen LogP contribution >= 0.6 is 0 Å². The molecule has 1 aliphatic heterocycles. The highest BCUT2D eigenvalue weighted by molar-refractivity contribution is 5.95. The van der Waals surface area contributed by atoms with Crippen molar-refractivity contribution in [3.8, 4) is 0 Å². The van der Waals surface area contributed by atoms with Crippen LogP contribution < -0.4 is 0 Å². The average Bonchev–Trinajstić information content (AvgIpc) is 3.02. The maximum Gasteiger partial charge on any atom is 0.290 e. The molecule has 0 atom stereocenters. The number of amides is 1. The summed E-state index contributed by atoms with van der Waals surface area (Å²) < 4.78 is 19.3. The lowest BCUT2D eigenvalue weighted by molar-refractivity contribution is -0.122. The quantitative estimate of drug-likeness (QED) is 0.537. The Bertz CT molecular complexity index is 816. The van der Waals surface area contributed by atoms with Crippen LogP contribution in [0.15, 0.2) is 48.5 Å². The van der Waals surface area contributed by atoms with Crippen LogP contribution in [0.3, 0.4) is 0 Å². The van der Waals surface area contributed by atoms with E-state index in [1.807, 2.05) is 30.0 Å². The van der Waals surface area contributed by atoms with E-state index in [-0.39, 0.29) is 18.2 Å². The van der Waals surface area contributed by atoms with Gasteiger partial charge < -0.3 is 19.6 Å². The zero-order valence-corrected chi connectivity index (χ0v) is 18.0. The van der Waals surface area contributed by atoms with Crippen LogP contribution in [-0.4, -0.2) is 66.6 Å². The second kappa shape index (κ2) is 13.5. The lowest BCUT2D eigenvalue weighted by Crippen LogP contribution is -2.36. The molecule has 3 rings (SSSR count). The van der Waals surface area contributed by atoms with Crippen molar-refractivity contribution in [2.24, 2.45) is 0 Å². The van der Waals surface area contributed by atoms with Crippen molar-refractivity contribution in [3.05, 3.63) is 71.0 Å². The van der Waals surface area contributed by atoms with Gasteiger partial charge in [0.1, 0.15) is 5.82 Å². The van der Waals surface area contributed by atoms with E-state index in [1.54, 1.807) is 6.07 Å². The minimum absolute atomic E-state index is 0.0648. The summed E-state index contributed by atoms with van der Waals surface area (Å²) in [4.78, 5) is 25.4. The van der Waals surface area contributed by atoms with E-state index in [1.165, 1.54) is 17.7 Å². The predicted octanol–water partition coefficient (Wildman–Crippen LogP) is 3.59. The number of carbonyl (C=O) groups is 2. The molecule has 6 nitrogen and oxygen atoms in total. The first-order chi connectivity index (χ1) is 15.0. The second-order valence-electron chi connectivity index (χ2n) is 7.44. The van der Waals surface area contributed by atoms with E-state index in [4.69, 9.17) is 14.6 Å². The molecule has 0 unspecified atom stereocenters. The Labute approximate surface area is 183 Å². The fourth-order valence-corrected chi connectivity index (χ4v) is 3.55. The number of halogens is 1. The molecule has 0 aromatic heterocycles. The number of rotatable bonds is 7. The van der Waals surface area contributed by atoms with Crippen molar-refractivity contribution in [1.82, 2.24) is 9.80 Å². The summed E-state index contributed by atoms with van der Waals surface area (Å²) in [6, 6.07) is 14.6. The molecule has 0 bridgehead atoms. The third-order valence-electron chi connectivity index (χ3n) is 5.18. The zero-order chi connectivity index (χ0) is 22.5. The predicted molar refractivity (Wildman–Crippen MR) is 118 cm³/mol. The van der Waals surface area contributed by atoms with Gasteiger partial charge in [0, 0.05) is 38.3 Å². The molecule has 1 heterocycles. The number of nitrogens with zero attached hydrogens (tertiary/aromatic N) is 2. The van der Waals surface area contributed by atoms with Crippen molar-refractivity contribution in [2.75, 3.05) is 39.3 Å². The number of carboxylic acid groups (broad SMARTS) is 1. The maximum atomic E-state index is 13.5. The van der Waals surface area contributed by atoms with E-state index in [0.29, 0.717) is 18.7 Å². The number of carbonyl (C=O) groups excluding carboxylic acids is 1. The van der Waals surface area contributed by atoms with Crippen molar-refractivity contribution >= 4 is 12.4 Å². The number of hydrogen-bond donors (Lipinski definition) is 1. The van der Waals surface area contributed by atoms with Crippen LogP contribution in [0.25, 0.3) is 0 Å². The Morgan fingerprint density at radius 1 is 1.13 bits per heavy atom.